The maximum absolute atomic E-state index is 10.5. The van der Waals surface area contributed by atoms with Crippen LogP contribution in [0.15, 0.2) is 42.5 Å². The zero-order chi connectivity index (χ0) is 18.6. The monoisotopic (exact) mass is 403 g/mol. The summed E-state index contributed by atoms with van der Waals surface area (Å²) in [6.07, 6.45) is 6.95. The van der Waals surface area contributed by atoms with Crippen LogP contribution in [0.5, 0.6) is 11.5 Å². The SMILES string of the molecule is Cl.Oc1ccc2c(c1O)C[C@@H](C1CCCCC1)O[C@H]2CNCc1ccccc1. The lowest BCUT2D eigenvalue weighted by molar-refractivity contribution is -0.0627. The Balaban J connectivity index is 0.00000225. The summed E-state index contributed by atoms with van der Waals surface area (Å²) in [6.45, 7) is 1.48. The molecule has 1 aliphatic carbocycles. The van der Waals surface area contributed by atoms with Gasteiger partial charge in [0.05, 0.1) is 12.2 Å². The van der Waals surface area contributed by atoms with E-state index in [1.165, 1.54) is 37.7 Å². The fourth-order valence-corrected chi connectivity index (χ4v) is 4.57. The molecule has 3 N–H and O–H groups in total. The first-order valence-electron chi connectivity index (χ1n) is 10.2. The van der Waals surface area contributed by atoms with E-state index < -0.39 is 0 Å². The number of ether oxygens (including phenoxy) is 1. The molecular formula is C23H30ClNO3. The lowest BCUT2D eigenvalue weighted by Gasteiger charge is -2.38. The van der Waals surface area contributed by atoms with Crippen molar-refractivity contribution < 1.29 is 14.9 Å². The molecule has 4 rings (SSSR count). The Bertz CT molecular complexity index is 762. The first-order chi connectivity index (χ1) is 13.2. The van der Waals surface area contributed by atoms with Crippen molar-refractivity contribution in [2.45, 2.75) is 57.3 Å². The fraction of sp³-hybridized carbons (Fsp3) is 0.478. The fourth-order valence-electron chi connectivity index (χ4n) is 4.57. The summed E-state index contributed by atoms with van der Waals surface area (Å²) in [6, 6.07) is 13.8. The van der Waals surface area contributed by atoms with Crippen LogP contribution in [0.1, 0.15) is 54.9 Å². The molecule has 2 atom stereocenters. The molecule has 1 heterocycles. The van der Waals surface area contributed by atoms with E-state index >= 15 is 0 Å². The predicted molar refractivity (Wildman–Crippen MR) is 113 cm³/mol. The van der Waals surface area contributed by atoms with Gasteiger partial charge in [0.25, 0.3) is 0 Å². The summed E-state index contributed by atoms with van der Waals surface area (Å²) >= 11 is 0. The van der Waals surface area contributed by atoms with Crippen LogP contribution in [-0.4, -0.2) is 22.9 Å². The average molecular weight is 404 g/mol. The number of hydrogen-bond acceptors (Lipinski definition) is 4. The number of fused-ring (bicyclic) bond motifs is 1. The van der Waals surface area contributed by atoms with Crippen LogP contribution in [0.4, 0.5) is 0 Å². The van der Waals surface area contributed by atoms with Crippen LogP contribution in [0.2, 0.25) is 0 Å². The molecule has 152 valence electrons. The summed E-state index contributed by atoms with van der Waals surface area (Å²) in [5.74, 6) is 0.545. The molecule has 0 radical (unpaired) electrons. The van der Waals surface area contributed by atoms with Gasteiger partial charge in [-0.15, -0.1) is 12.4 Å². The van der Waals surface area contributed by atoms with Crippen LogP contribution in [0.3, 0.4) is 0 Å². The molecule has 0 spiro atoms. The minimum absolute atomic E-state index is 0. The van der Waals surface area contributed by atoms with Gasteiger partial charge in [0.1, 0.15) is 0 Å². The Morgan fingerprint density at radius 2 is 1.71 bits per heavy atom. The normalized spacial score (nSPS) is 22.3. The lowest BCUT2D eigenvalue weighted by Crippen LogP contribution is -2.37. The highest BCUT2D eigenvalue weighted by molar-refractivity contribution is 5.85. The molecule has 1 saturated carbocycles. The number of nitrogens with one attached hydrogen (secondary N) is 1. The Morgan fingerprint density at radius 3 is 2.46 bits per heavy atom. The predicted octanol–water partition coefficient (Wildman–Crippen LogP) is 4.87. The van der Waals surface area contributed by atoms with Crippen molar-refractivity contribution in [1.82, 2.24) is 5.32 Å². The van der Waals surface area contributed by atoms with Crippen molar-refractivity contribution in [3.63, 3.8) is 0 Å². The van der Waals surface area contributed by atoms with Crippen LogP contribution in [-0.2, 0) is 17.7 Å². The number of rotatable bonds is 5. The second kappa shape index (κ2) is 9.64. The third-order valence-electron chi connectivity index (χ3n) is 6.07. The molecule has 0 aromatic heterocycles. The largest absolute Gasteiger partial charge is 0.504 e. The van der Waals surface area contributed by atoms with Crippen molar-refractivity contribution >= 4 is 12.4 Å². The van der Waals surface area contributed by atoms with Gasteiger partial charge in [-0.25, -0.2) is 0 Å². The van der Waals surface area contributed by atoms with Crippen molar-refractivity contribution in [2.24, 2.45) is 5.92 Å². The van der Waals surface area contributed by atoms with Gasteiger partial charge in [0.2, 0.25) is 0 Å². The van der Waals surface area contributed by atoms with E-state index in [4.69, 9.17) is 4.74 Å². The minimum Gasteiger partial charge on any atom is -0.504 e. The molecule has 0 amide bonds. The van der Waals surface area contributed by atoms with E-state index in [1.807, 2.05) is 24.3 Å². The molecule has 0 bridgehead atoms. The van der Waals surface area contributed by atoms with Crippen LogP contribution in [0.25, 0.3) is 0 Å². The minimum atomic E-state index is -0.101. The van der Waals surface area contributed by atoms with Crippen LogP contribution in [0, 0.1) is 5.92 Å². The van der Waals surface area contributed by atoms with Crippen molar-refractivity contribution in [3.8, 4) is 11.5 Å². The Labute approximate surface area is 173 Å². The molecule has 1 fully saturated rings. The first-order valence-corrected chi connectivity index (χ1v) is 10.2. The highest BCUT2D eigenvalue weighted by Gasteiger charge is 2.35. The quantitative estimate of drug-likeness (QED) is 0.623. The van der Waals surface area contributed by atoms with Gasteiger partial charge < -0.3 is 20.3 Å². The number of phenols is 2. The standard InChI is InChI=1S/C23H29NO3.ClH/c25-20-12-11-18-19(23(20)26)13-21(17-9-5-2-6-10-17)27-22(18)15-24-14-16-7-3-1-4-8-16;/h1,3-4,7-8,11-12,17,21-22,24-26H,2,5-6,9-10,13-15H2;1H/t21-,22-;/m0./s1. The highest BCUT2D eigenvalue weighted by atomic mass is 35.5. The van der Waals surface area contributed by atoms with Gasteiger partial charge in [-0.3, -0.25) is 0 Å². The van der Waals surface area contributed by atoms with E-state index in [2.05, 4.69) is 17.4 Å². The summed E-state index contributed by atoms with van der Waals surface area (Å²) in [7, 11) is 0. The Hall–Kier alpha value is -1.75. The topological polar surface area (TPSA) is 61.7 Å². The molecule has 4 nitrogen and oxygen atoms in total. The molecule has 2 aliphatic rings. The summed E-state index contributed by atoms with van der Waals surface area (Å²) < 4.78 is 6.53. The lowest BCUT2D eigenvalue weighted by atomic mass is 9.80. The maximum Gasteiger partial charge on any atom is 0.161 e. The molecule has 1 aliphatic heterocycles. The van der Waals surface area contributed by atoms with E-state index in [0.29, 0.717) is 18.9 Å². The molecule has 5 heteroatoms. The van der Waals surface area contributed by atoms with E-state index in [9.17, 15) is 10.2 Å². The van der Waals surface area contributed by atoms with Gasteiger partial charge in [0, 0.05) is 25.1 Å². The van der Waals surface area contributed by atoms with Crippen LogP contribution < -0.4 is 5.32 Å². The molecule has 0 unspecified atom stereocenters. The van der Waals surface area contributed by atoms with Crippen LogP contribution >= 0.6 is 12.4 Å². The van der Waals surface area contributed by atoms with Crippen molar-refractivity contribution in [3.05, 3.63) is 59.2 Å². The molecule has 2 aromatic carbocycles. The van der Waals surface area contributed by atoms with E-state index in [0.717, 1.165) is 17.7 Å². The third kappa shape index (κ3) is 4.62. The number of hydrogen-bond donors (Lipinski definition) is 3. The molecule has 0 saturated heterocycles. The van der Waals surface area contributed by atoms with Gasteiger partial charge >= 0.3 is 0 Å². The Morgan fingerprint density at radius 1 is 0.964 bits per heavy atom. The number of aromatic hydroxyl groups is 2. The maximum atomic E-state index is 10.5. The number of phenolic OH excluding ortho intramolecular Hbond substituents is 2. The third-order valence-corrected chi connectivity index (χ3v) is 6.07. The second-order valence-corrected chi connectivity index (χ2v) is 7.88. The van der Waals surface area contributed by atoms with E-state index in [1.54, 1.807) is 6.07 Å². The van der Waals surface area contributed by atoms with Crippen molar-refractivity contribution in [1.29, 1.82) is 0 Å². The summed E-state index contributed by atoms with van der Waals surface area (Å²) in [5.41, 5.74) is 3.10. The summed E-state index contributed by atoms with van der Waals surface area (Å²) in [5, 5.41) is 23.9. The van der Waals surface area contributed by atoms with E-state index in [-0.39, 0.29) is 36.1 Å². The second-order valence-electron chi connectivity index (χ2n) is 7.88. The first kappa shape index (κ1) is 21.0. The molecule has 2 aromatic rings. The van der Waals surface area contributed by atoms with Gasteiger partial charge in [0.15, 0.2) is 11.5 Å². The van der Waals surface area contributed by atoms with Crippen molar-refractivity contribution in [2.75, 3.05) is 6.54 Å². The summed E-state index contributed by atoms with van der Waals surface area (Å²) in [4.78, 5) is 0. The van der Waals surface area contributed by atoms with Gasteiger partial charge in [-0.1, -0.05) is 55.7 Å². The van der Waals surface area contributed by atoms with Gasteiger partial charge in [-0.2, -0.15) is 0 Å². The Kier molecular flexibility index (Phi) is 7.22. The van der Waals surface area contributed by atoms with Gasteiger partial charge in [-0.05, 0) is 36.0 Å². The number of benzene rings is 2. The smallest absolute Gasteiger partial charge is 0.161 e. The number of halogens is 1. The highest BCUT2D eigenvalue weighted by Crippen LogP contribution is 2.43. The molecule has 28 heavy (non-hydrogen) atoms. The zero-order valence-electron chi connectivity index (χ0n) is 16.1. The molecular weight excluding hydrogens is 374 g/mol. The zero-order valence-corrected chi connectivity index (χ0v) is 17.0. The average Bonchev–Trinajstić information content (AvgIpc) is 2.72.